The first-order valence-corrected chi connectivity index (χ1v) is 14.0. The van der Waals surface area contributed by atoms with Crippen LogP contribution in [-0.4, -0.2) is 58.5 Å². The van der Waals surface area contributed by atoms with E-state index in [1.54, 1.807) is 38.1 Å². The summed E-state index contributed by atoms with van der Waals surface area (Å²) in [6.07, 6.45) is 0. The van der Waals surface area contributed by atoms with Crippen molar-refractivity contribution in [1.82, 2.24) is 10.2 Å². The lowest BCUT2D eigenvalue weighted by molar-refractivity contribution is -0.139. The topological polar surface area (TPSA) is 105 Å². The summed E-state index contributed by atoms with van der Waals surface area (Å²) >= 11 is 0. The number of benzene rings is 3. The van der Waals surface area contributed by atoms with Gasteiger partial charge in [-0.05, 0) is 50.6 Å². The number of carbonyl (C=O) groups excluding carboxylic acids is 2. The number of sulfonamides is 1. The molecule has 0 heterocycles. The van der Waals surface area contributed by atoms with Crippen LogP contribution in [0.5, 0.6) is 11.5 Å². The summed E-state index contributed by atoms with van der Waals surface area (Å²) in [6.45, 7) is 5.33. The molecule has 1 atom stereocenters. The van der Waals surface area contributed by atoms with Gasteiger partial charge >= 0.3 is 0 Å². The summed E-state index contributed by atoms with van der Waals surface area (Å²) in [5.74, 6) is -0.239. The molecule has 208 valence electrons. The van der Waals surface area contributed by atoms with Gasteiger partial charge in [0.15, 0.2) is 11.5 Å². The normalized spacial score (nSPS) is 11.8. The molecule has 39 heavy (non-hydrogen) atoms. The molecule has 2 amide bonds. The maximum absolute atomic E-state index is 14.0. The third-order valence-corrected chi connectivity index (χ3v) is 8.03. The average Bonchev–Trinajstić information content (AvgIpc) is 2.94. The second kappa shape index (κ2) is 13.1. The van der Waals surface area contributed by atoms with Gasteiger partial charge in [-0.15, -0.1) is 0 Å². The number of ether oxygens (including phenoxy) is 2. The molecule has 0 radical (unpaired) electrons. The van der Waals surface area contributed by atoms with Crippen LogP contribution in [0.15, 0.2) is 77.7 Å². The number of likely N-dealkylation sites (N-methyl/N-ethyl adjacent to an activating group) is 1. The lowest BCUT2D eigenvalue weighted by atomic mass is 10.1. The Kier molecular flexibility index (Phi) is 9.95. The highest BCUT2D eigenvalue weighted by molar-refractivity contribution is 7.92. The van der Waals surface area contributed by atoms with Crippen LogP contribution < -0.4 is 19.1 Å². The van der Waals surface area contributed by atoms with Crippen molar-refractivity contribution >= 4 is 27.5 Å². The Bertz CT molecular complexity index is 1380. The van der Waals surface area contributed by atoms with Crippen molar-refractivity contribution in [1.29, 1.82) is 0 Å². The zero-order chi connectivity index (χ0) is 28.6. The van der Waals surface area contributed by atoms with Gasteiger partial charge in [0.25, 0.3) is 10.0 Å². The van der Waals surface area contributed by atoms with Gasteiger partial charge in [0.2, 0.25) is 11.8 Å². The van der Waals surface area contributed by atoms with Crippen LogP contribution in [0.25, 0.3) is 0 Å². The molecule has 10 heteroatoms. The Labute approximate surface area is 230 Å². The molecular formula is C29H35N3O6S. The highest BCUT2D eigenvalue weighted by Gasteiger charge is 2.33. The summed E-state index contributed by atoms with van der Waals surface area (Å²) in [5, 5.41) is 2.75. The number of amides is 2. The molecule has 3 aromatic carbocycles. The zero-order valence-corrected chi connectivity index (χ0v) is 23.7. The van der Waals surface area contributed by atoms with Crippen molar-refractivity contribution in [3.63, 3.8) is 0 Å². The van der Waals surface area contributed by atoms with Crippen molar-refractivity contribution in [2.75, 3.05) is 31.6 Å². The Balaban J connectivity index is 2.05. The molecule has 3 aromatic rings. The van der Waals surface area contributed by atoms with Crippen LogP contribution in [0.2, 0.25) is 0 Å². The molecule has 1 N–H and O–H groups in total. The van der Waals surface area contributed by atoms with Crippen LogP contribution >= 0.6 is 0 Å². The minimum Gasteiger partial charge on any atom is -0.493 e. The van der Waals surface area contributed by atoms with Gasteiger partial charge in [0.05, 0.1) is 24.8 Å². The van der Waals surface area contributed by atoms with E-state index in [0.29, 0.717) is 18.0 Å². The van der Waals surface area contributed by atoms with Gasteiger partial charge in [0.1, 0.15) is 12.6 Å². The summed E-state index contributed by atoms with van der Waals surface area (Å²) in [6, 6.07) is 19.5. The van der Waals surface area contributed by atoms with Crippen LogP contribution in [0.3, 0.4) is 0 Å². The molecule has 0 saturated heterocycles. The van der Waals surface area contributed by atoms with Crippen LogP contribution in [0.4, 0.5) is 5.69 Å². The molecule has 0 aromatic heterocycles. The fraction of sp³-hybridized carbons (Fsp3) is 0.310. The third-order valence-electron chi connectivity index (χ3n) is 6.26. The number of methoxy groups -OCH3 is 2. The van der Waals surface area contributed by atoms with Crippen LogP contribution in [0, 0.1) is 6.92 Å². The molecule has 0 spiro atoms. The first-order chi connectivity index (χ1) is 18.6. The summed E-state index contributed by atoms with van der Waals surface area (Å²) in [7, 11) is -1.36. The average molecular weight is 554 g/mol. The van der Waals surface area contributed by atoms with E-state index in [-0.39, 0.29) is 23.1 Å². The monoisotopic (exact) mass is 553 g/mol. The Morgan fingerprint density at radius 1 is 0.923 bits per heavy atom. The number of nitrogens with one attached hydrogen (secondary N) is 1. The molecule has 0 saturated carbocycles. The quantitative estimate of drug-likeness (QED) is 0.366. The van der Waals surface area contributed by atoms with E-state index in [0.717, 1.165) is 15.4 Å². The van der Waals surface area contributed by atoms with E-state index in [1.165, 1.54) is 37.3 Å². The van der Waals surface area contributed by atoms with Crippen molar-refractivity contribution in [2.45, 2.75) is 38.3 Å². The molecule has 0 aliphatic carbocycles. The molecule has 3 rings (SSSR count). The maximum atomic E-state index is 14.0. The summed E-state index contributed by atoms with van der Waals surface area (Å²) in [4.78, 5) is 27.9. The van der Waals surface area contributed by atoms with Crippen LogP contribution in [0.1, 0.15) is 25.0 Å². The minimum absolute atomic E-state index is 0.0695. The fourth-order valence-electron chi connectivity index (χ4n) is 4.03. The predicted octanol–water partition coefficient (Wildman–Crippen LogP) is 3.76. The van der Waals surface area contributed by atoms with E-state index in [2.05, 4.69) is 5.32 Å². The Morgan fingerprint density at radius 2 is 1.56 bits per heavy atom. The van der Waals surface area contributed by atoms with Gasteiger partial charge in [-0.1, -0.05) is 48.0 Å². The van der Waals surface area contributed by atoms with Crippen molar-refractivity contribution in [2.24, 2.45) is 0 Å². The highest BCUT2D eigenvalue weighted by atomic mass is 32.2. The Hall–Kier alpha value is -4.05. The maximum Gasteiger partial charge on any atom is 0.264 e. The number of carbonyl (C=O) groups is 2. The van der Waals surface area contributed by atoms with Crippen molar-refractivity contribution in [3.8, 4) is 11.5 Å². The van der Waals surface area contributed by atoms with Gasteiger partial charge in [-0.25, -0.2) is 8.42 Å². The smallest absolute Gasteiger partial charge is 0.264 e. The number of rotatable bonds is 12. The summed E-state index contributed by atoms with van der Waals surface area (Å²) in [5.41, 5.74) is 2.06. The van der Waals surface area contributed by atoms with E-state index in [4.69, 9.17) is 9.47 Å². The second-order valence-electron chi connectivity index (χ2n) is 8.94. The molecule has 0 bridgehead atoms. The zero-order valence-electron chi connectivity index (χ0n) is 22.9. The SMILES string of the molecule is CCNC(=O)[C@@H](C)N(Cc1ccccc1)C(=O)CN(c1ccc(C)cc1)S(=O)(=O)c1ccc(OC)c(OC)c1. The molecular weight excluding hydrogens is 518 g/mol. The van der Waals surface area contributed by atoms with Crippen molar-refractivity contribution in [3.05, 3.63) is 83.9 Å². The molecule has 0 fully saturated rings. The largest absolute Gasteiger partial charge is 0.493 e. The standard InChI is InChI=1S/C29H35N3O6S/c1-6-30-29(34)22(3)31(19-23-10-8-7-9-11-23)28(33)20-32(24-14-12-21(2)13-15-24)39(35,36)25-16-17-26(37-4)27(18-25)38-5/h7-18,22H,6,19-20H2,1-5H3,(H,30,34)/t22-/m1/s1. The van der Waals surface area contributed by atoms with Gasteiger partial charge in [-0.3, -0.25) is 13.9 Å². The second-order valence-corrected chi connectivity index (χ2v) is 10.8. The van der Waals surface area contributed by atoms with Crippen LogP contribution in [-0.2, 0) is 26.2 Å². The number of hydrogen-bond donors (Lipinski definition) is 1. The third kappa shape index (κ3) is 7.08. The minimum atomic E-state index is -4.23. The van der Waals surface area contributed by atoms with Crippen molar-refractivity contribution < 1.29 is 27.5 Å². The van der Waals surface area contributed by atoms with E-state index < -0.39 is 28.5 Å². The highest BCUT2D eigenvalue weighted by Crippen LogP contribution is 2.32. The summed E-state index contributed by atoms with van der Waals surface area (Å²) < 4.78 is 39.6. The van der Waals surface area contributed by atoms with E-state index >= 15 is 0 Å². The predicted molar refractivity (Wildman–Crippen MR) is 150 cm³/mol. The molecule has 0 aliphatic rings. The molecule has 0 aliphatic heterocycles. The number of hydrogen-bond acceptors (Lipinski definition) is 6. The first kappa shape index (κ1) is 29.5. The van der Waals surface area contributed by atoms with E-state index in [9.17, 15) is 18.0 Å². The Morgan fingerprint density at radius 3 is 2.15 bits per heavy atom. The van der Waals surface area contributed by atoms with E-state index in [1.807, 2.05) is 37.3 Å². The first-order valence-electron chi connectivity index (χ1n) is 12.5. The molecule has 9 nitrogen and oxygen atoms in total. The lowest BCUT2D eigenvalue weighted by Gasteiger charge is -2.32. The number of aryl methyl sites for hydroxylation is 1. The molecule has 0 unspecified atom stereocenters. The van der Waals surface area contributed by atoms with Gasteiger partial charge < -0.3 is 19.7 Å². The number of anilines is 1. The lowest BCUT2D eigenvalue weighted by Crippen LogP contribution is -2.51. The fourth-order valence-corrected chi connectivity index (χ4v) is 5.46. The number of nitrogens with zero attached hydrogens (tertiary/aromatic N) is 2. The van der Waals surface area contributed by atoms with Gasteiger partial charge in [0, 0.05) is 19.2 Å². The van der Waals surface area contributed by atoms with Gasteiger partial charge in [-0.2, -0.15) is 0 Å².